The number of hydrogen-bond acceptors (Lipinski definition) is 4. The van der Waals surface area contributed by atoms with Crippen molar-refractivity contribution in [1.82, 2.24) is 24.8 Å². The summed E-state index contributed by atoms with van der Waals surface area (Å²) in [5.41, 5.74) is 1.26. The normalized spacial score (nSPS) is 16.7. The summed E-state index contributed by atoms with van der Waals surface area (Å²) in [6.07, 6.45) is 7.92. The van der Waals surface area contributed by atoms with E-state index in [1.165, 1.54) is 5.56 Å². The van der Waals surface area contributed by atoms with Crippen LogP contribution < -0.4 is 0 Å². The van der Waals surface area contributed by atoms with E-state index in [-0.39, 0.29) is 5.91 Å². The minimum absolute atomic E-state index is 0.00855. The maximum Gasteiger partial charge on any atom is 0.289 e. The fraction of sp³-hybridized carbons (Fsp3) is 0.400. The highest BCUT2D eigenvalue weighted by atomic mass is 16.2. The molecule has 1 fully saturated rings. The predicted octanol–water partition coefficient (Wildman–Crippen LogP) is 1.15. The average Bonchev–Trinajstić information content (AvgIpc) is 2.95. The van der Waals surface area contributed by atoms with Crippen molar-refractivity contribution in [3.8, 4) is 0 Å². The molecule has 0 unspecified atom stereocenters. The molecule has 21 heavy (non-hydrogen) atoms. The van der Waals surface area contributed by atoms with Crippen LogP contribution in [0.1, 0.15) is 22.6 Å². The summed E-state index contributed by atoms with van der Waals surface area (Å²) in [7, 11) is 0. The van der Waals surface area contributed by atoms with Gasteiger partial charge in [0, 0.05) is 57.5 Å². The summed E-state index contributed by atoms with van der Waals surface area (Å²) in [6.45, 7) is 4.32. The summed E-state index contributed by atoms with van der Waals surface area (Å²) < 4.78 is 0. The van der Waals surface area contributed by atoms with Gasteiger partial charge in [0.15, 0.2) is 5.82 Å². The average molecular weight is 285 g/mol. The molecule has 3 heterocycles. The number of aromatic amines is 1. The lowest BCUT2D eigenvalue weighted by molar-refractivity contribution is 0.0750. The van der Waals surface area contributed by atoms with Gasteiger partial charge in [0.1, 0.15) is 0 Å². The van der Waals surface area contributed by atoms with Gasteiger partial charge in [0.25, 0.3) is 5.91 Å². The molecule has 1 aliphatic heterocycles. The number of aromatic nitrogens is 3. The highest BCUT2D eigenvalue weighted by molar-refractivity contribution is 5.90. The van der Waals surface area contributed by atoms with Crippen LogP contribution in [-0.4, -0.2) is 56.8 Å². The molecule has 0 atom stereocenters. The fourth-order valence-electron chi connectivity index (χ4n) is 2.61. The molecule has 1 amide bonds. The molecule has 2 aromatic rings. The van der Waals surface area contributed by atoms with E-state index >= 15 is 0 Å². The molecule has 2 aromatic heterocycles. The number of pyridine rings is 1. The Bertz CT molecular complexity index is 569. The Balaban J connectivity index is 1.58. The highest BCUT2D eigenvalue weighted by Gasteiger charge is 2.21. The third kappa shape index (κ3) is 3.46. The number of H-pyrrole nitrogens is 1. The Hall–Kier alpha value is -2.21. The van der Waals surface area contributed by atoms with Crippen molar-refractivity contribution in [3.05, 3.63) is 48.3 Å². The first-order valence-electron chi connectivity index (χ1n) is 7.23. The van der Waals surface area contributed by atoms with Gasteiger partial charge in [-0.2, -0.15) is 0 Å². The molecule has 0 saturated carbocycles. The lowest BCUT2D eigenvalue weighted by atomic mass is 10.2. The van der Waals surface area contributed by atoms with Crippen LogP contribution in [0.4, 0.5) is 0 Å². The lowest BCUT2D eigenvalue weighted by Gasteiger charge is -2.21. The van der Waals surface area contributed by atoms with Crippen LogP contribution in [0.25, 0.3) is 0 Å². The first-order valence-corrected chi connectivity index (χ1v) is 7.23. The number of carbonyl (C=O) groups is 1. The Morgan fingerprint density at radius 1 is 1.14 bits per heavy atom. The van der Waals surface area contributed by atoms with Crippen LogP contribution in [0.15, 0.2) is 36.9 Å². The zero-order valence-electron chi connectivity index (χ0n) is 11.9. The number of imidazole rings is 1. The zero-order valence-corrected chi connectivity index (χ0v) is 11.9. The maximum atomic E-state index is 12.3. The summed E-state index contributed by atoms with van der Waals surface area (Å²) in [6, 6.07) is 4.08. The number of amides is 1. The monoisotopic (exact) mass is 285 g/mol. The highest BCUT2D eigenvalue weighted by Crippen LogP contribution is 2.10. The lowest BCUT2D eigenvalue weighted by Crippen LogP contribution is -2.35. The third-order valence-electron chi connectivity index (χ3n) is 3.73. The first kappa shape index (κ1) is 13.8. The molecule has 0 radical (unpaired) electrons. The maximum absolute atomic E-state index is 12.3. The molecule has 0 spiro atoms. The Morgan fingerprint density at radius 3 is 2.76 bits per heavy atom. The van der Waals surface area contributed by atoms with E-state index in [1.807, 2.05) is 29.4 Å². The van der Waals surface area contributed by atoms with E-state index in [0.717, 1.165) is 39.1 Å². The van der Waals surface area contributed by atoms with E-state index in [1.54, 1.807) is 12.4 Å². The van der Waals surface area contributed by atoms with Crippen LogP contribution in [0.3, 0.4) is 0 Å². The standard InChI is InChI=1S/C15H19N5O/c21-15(14-17-6-7-18-14)20-9-1-8-19(10-11-20)12-13-2-4-16-5-3-13/h2-7H,1,8-12H2,(H,17,18). The molecule has 0 aromatic carbocycles. The molecule has 1 N–H and O–H groups in total. The van der Waals surface area contributed by atoms with Gasteiger partial charge in [0.2, 0.25) is 0 Å². The smallest absolute Gasteiger partial charge is 0.289 e. The van der Waals surface area contributed by atoms with Crippen molar-refractivity contribution in [3.63, 3.8) is 0 Å². The largest absolute Gasteiger partial charge is 0.341 e. The predicted molar refractivity (Wildman–Crippen MR) is 78.6 cm³/mol. The molecule has 110 valence electrons. The summed E-state index contributed by atoms with van der Waals surface area (Å²) in [5.74, 6) is 0.420. The SMILES string of the molecule is O=C(c1ncc[nH]1)N1CCCN(Cc2ccncc2)CC1. The molecule has 1 saturated heterocycles. The molecular weight excluding hydrogens is 266 g/mol. The second-order valence-corrected chi connectivity index (χ2v) is 5.22. The van der Waals surface area contributed by atoms with E-state index in [9.17, 15) is 4.79 Å². The van der Waals surface area contributed by atoms with Crippen molar-refractivity contribution < 1.29 is 4.79 Å². The van der Waals surface area contributed by atoms with Crippen molar-refractivity contribution in [2.24, 2.45) is 0 Å². The molecular formula is C15H19N5O. The van der Waals surface area contributed by atoms with Crippen LogP contribution in [0, 0.1) is 0 Å². The molecule has 0 bridgehead atoms. The molecule has 6 nitrogen and oxygen atoms in total. The van der Waals surface area contributed by atoms with Gasteiger partial charge in [-0.05, 0) is 24.1 Å². The minimum atomic E-state index is -0.00855. The second-order valence-electron chi connectivity index (χ2n) is 5.22. The minimum Gasteiger partial charge on any atom is -0.341 e. The Kier molecular flexibility index (Phi) is 4.25. The van der Waals surface area contributed by atoms with Crippen LogP contribution >= 0.6 is 0 Å². The number of rotatable bonds is 3. The quantitative estimate of drug-likeness (QED) is 0.919. The summed E-state index contributed by atoms with van der Waals surface area (Å²) in [4.78, 5) is 27.5. The molecule has 6 heteroatoms. The second kappa shape index (κ2) is 6.49. The van der Waals surface area contributed by atoms with Gasteiger partial charge in [-0.25, -0.2) is 4.98 Å². The van der Waals surface area contributed by atoms with Crippen LogP contribution in [0.2, 0.25) is 0 Å². The fourth-order valence-corrected chi connectivity index (χ4v) is 2.61. The summed E-state index contributed by atoms with van der Waals surface area (Å²) in [5, 5.41) is 0. The van der Waals surface area contributed by atoms with Gasteiger partial charge in [-0.3, -0.25) is 14.7 Å². The molecule has 1 aliphatic rings. The molecule has 0 aliphatic carbocycles. The van der Waals surface area contributed by atoms with Crippen molar-refractivity contribution in [1.29, 1.82) is 0 Å². The van der Waals surface area contributed by atoms with Gasteiger partial charge < -0.3 is 9.88 Å². The zero-order chi connectivity index (χ0) is 14.5. The van der Waals surface area contributed by atoms with Gasteiger partial charge in [-0.1, -0.05) is 0 Å². The molecule has 3 rings (SSSR count). The number of nitrogens with zero attached hydrogens (tertiary/aromatic N) is 4. The van der Waals surface area contributed by atoms with Gasteiger partial charge in [0.05, 0.1) is 0 Å². The van der Waals surface area contributed by atoms with Crippen molar-refractivity contribution >= 4 is 5.91 Å². The van der Waals surface area contributed by atoms with Gasteiger partial charge >= 0.3 is 0 Å². The summed E-state index contributed by atoms with van der Waals surface area (Å²) >= 11 is 0. The van der Waals surface area contributed by atoms with E-state index in [0.29, 0.717) is 5.82 Å². The first-order chi connectivity index (χ1) is 10.3. The van der Waals surface area contributed by atoms with E-state index in [4.69, 9.17) is 0 Å². The van der Waals surface area contributed by atoms with Crippen LogP contribution in [-0.2, 0) is 6.54 Å². The van der Waals surface area contributed by atoms with Crippen LogP contribution in [0.5, 0.6) is 0 Å². The number of nitrogens with one attached hydrogen (secondary N) is 1. The van der Waals surface area contributed by atoms with Gasteiger partial charge in [-0.15, -0.1) is 0 Å². The van der Waals surface area contributed by atoms with E-state index < -0.39 is 0 Å². The van der Waals surface area contributed by atoms with Crippen molar-refractivity contribution in [2.75, 3.05) is 26.2 Å². The number of carbonyl (C=O) groups excluding carboxylic acids is 1. The Morgan fingerprint density at radius 2 is 2.00 bits per heavy atom. The topological polar surface area (TPSA) is 65.1 Å². The van der Waals surface area contributed by atoms with E-state index in [2.05, 4.69) is 19.9 Å². The Labute approximate surface area is 123 Å². The third-order valence-corrected chi connectivity index (χ3v) is 3.73. The number of hydrogen-bond donors (Lipinski definition) is 1. The van der Waals surface area contributed by atoms with Crippen molar-refractivity contribution in [2.45, 2.75) is 13.0 Å².